The highest BCUT2D eigenvalue weighted by Gasteiger charge is 2.45. The number of aromatic nitrogens is 2. The van der Waals surface area contributed by atoms with Gasteiger partial charge >= 0.3 is 6.18 Å². The predicted octanol–water partition coefficient (Wildman–Crippen LogP) is 2.90. The minimum Gasteiger partial charge on any atom is -0.368 e. The lowest BCUT2D eigenvalue weighted by Crippen LogP contribution is -2.46. The first-order valence-electron chi connectivity index (χ1n) is 9.36. The fraction of sp³-hybridized carbons (Fsp3) is 0.474. The van der Waals surface area contributed by atoms with E-state index < -0.39 is 12.2 Å². The molecule has 2 aliphatic heterocycles. The molecule has 0 saturated carbocycles. The molecule has 3 heterocycles. The maximum Gasteiger partial charge on any atom is 0.410 e. The molecule has 1 fully saturated rings. The molecule has 2 unspecified atom stereocenters. The van der Waals surface area contributed by atoms with Gasteiger partial charge in [-0.15, -0.1) is 0 Å². The first kappa shape index (κ1) is 18.8. The van der Waals surface area contributed by atoms with Crippen molar-refractivity contribution in [1.82, 2.24) is 20.0 Å². The van der Waals surface area contributed by atoms with Crippen LogP contribution in [0.15, 0.2) is 30.3 Å². The average Bonchev–Trinajstić information content (AvgIpc) is 3.10. The molecule has 1 aromatic heterocycles. The summed E-state index contributed by atoms with van der Waals surface area (Å²) in [6.07, 6.45) is -4.41. The topological polar surface area (TPSA) is 62.2 Å². The van der Waals surface area contributed by atoms with Crippen molar-refractivity contribution in [3.05, 3.63) is 35.9 Å². The van der Waals surface area contributed by atoms with Crippen LogP contribution in [0.5, 0.6) is 0 Å². The predicted molar refractivity (Wildman–Crippen MR) is 99.2 cm³/mol. The molecule has 0 bridgehead atoms. The summed E-state index contributed by atoms with van der Waals surface area (Å²) >= 11 is 0. The van der Waals surface area contributed by atoms with E-state index in [4.69, 9.17) is 0 Å². The fourth-order valence-electron chi connectivity index (χ4n) is 3.73. The Bertz CT molecular complexity index is 855. The van der Waals surface area contributed by atoms with Crippen LogP contribution in [0.1, 0.15) is 29.7 Å². The van der Waals surface area contributed by atoms with Crippen LogP contribution in [-0.4, -0.2) is 59.0 Å². The van der Waals surface area contributed by atoms with Crippen LogP contribution in [0.4, 0.5) is 19.0 Å². The number of anilines is 1. The second-order valence-corrected chi connectivity index (χ2v) is 7.32. The third kappa shape index (κ3) is 3.58. The van der Waals surface area contributed by atoms with E-state index in [0.29, 0.717) is 35.7 Å². The number of hydrogen-bond acceptors (Lipinski definition) is 4. The van der Waals surface area contributed by atoms with Gasteiger partial charge in [0.05, 0.1) is 5.69 Å². The first-order chi connectivity index (χ1) is 13.3. The van der Waals surface area contributed by atoms with Crippen molar-refractivity contribution in [3.8, 4) is 11.3 Å². The number of hydrogen-bond donors (Lipinski definition) is 2. The van der Waals surface area contributed by atoms with E-state index in [1.807, 2.05) is 0 Å². The molecule has 1 aromatic carbocycles. The van der Waals surface area contributed by atoms with Crippen LogP contribution in [0, 0.1) is 0 Å². The van der Waals surface area contributed by atoms with Crippen molar-refractivity contribution in [3.63, 3.8) is 0 Å². The molecule has 4 rings (SSSR count). The Kier molecular flexibility index (Phi) is 4.78. The highest BCUT2D eigenvalue weighted by atomic mass is 19.4. The van der Waals surface area contributed by atoms with Gasteiger partial charge < -0.3 is 15.5 Å². The van der Waals surface area contributed by atoms with Gasteiger partial charge in [-0.25, -0.2) is 4.68 Å². The number of piperazine rings is 1. The molecule has 1 amide bonds. The van der Waals surface area contributed by atoms with Gasteiger partial charge in [0.15, 0.2) is 6.04 Å². The zero-order valence-corrected chi connectivity index (χ0v) is 15.5. The molecule has 150 valence electrons. The van der Waals surface area contributed by atoms with Crippen LogP contribution >= 0.6 is 0 Å². The number of alkyl halides is 3. The van der Waals surface area contributed by atoms with Gasteiger partial charge in [0.2, 0.25) is 0 Å². The molecule has 0 radical (unpaired) electrons. The summed E-state index contributed by atoms with van der Waals surface area (Å²) in [6, 6.07) is 6.57. The summed E-state index contributed by atoms with van der Waals surface area (Å²) in [7, 11) is 0. The van der Waals surface area contributed by atoms with Gasteiger partial charge in [0, 0.05) is 49.4 Å². The van der Waals surface area contributed by atoms with Crippen LogP contribution in [0.3, 0.4) is 0 Å². The fourth-order valence-corrected chi connectivity index (χ4v) is 3.73. The zero-order valence-electron chi connectivity index (χ0n) is 15.5. The largest absolute Gasteiger partial charge is 0.410 e. The third-order valence-corrected chi connectivity index (χ3v) is 5.21. The number of amides is 1. The summed E-state index contributed by atoms with van der Waals surface area (Å²) in [5.74, 6) is 0.321. The summed E-state index contributed by atoms with van der Waals surface area (Å²) < 4.78 is 41.2. The summed E-state index contributed by atoms with van der Waals surface area (Å²) in [6.45, 7) is 4.60. The second-order valence-electron chi connectivity index (χ2n) is 7.32. The summed E-state index contributed by atoms with van der Waals surface area (Å²) in [5, 5.41) is 10.5. The molecule has 0 aliphatic carbocycles. The van der Waals surface area contributed by atoms with E-state index in [2.05, 4.69) is 15.7 Å². The van der Waals surface area contributed by atoms with Crippen LogP contribution in [0.25, 0.3) is 11.3 Å². The Balaban J connectivity index is 1.58. The molecule has 9 heteroatoms. The van der Waals surface area contributed by atoms with E-state index in [9.17, 15) is 18.0 Å². The molecule has 2 aliphatic rings. The molecule has 1 saturated heterocycles. The smallest absolute Gasteiger partial charge is 0.368 e. The number of carbonyl (C=O) groups is 1. The van der Waals surface area contributed by atoms with Crippen molar-refractivity contribution in [2.45, 2.75) is 31.6 Å². The van der Waals surface area contributed by atoms with E-state index in [1.165, 1.54) is 0 Å². The van der Waals surface area contributed by atoms with Crippen LogP contribution in [0.2, 0.25) is 0 Å². The molecule has 6 nitrogen and oxygen atoms in total. The third-order valence-electron chi connectivity index (χ3n) is 5.21. The van der Waals surface area contributed by atoms with Gasteiger partial charge in [-0.05, 0) is 25.5 Å². The van der Waals surface area contributed by atoms with Gasteiger partial charge in [0.25, 0.3) is 5.91 Å². The second kappa shape index (κ2) is 7.12. The normalized spacial score (nSPS) is 22.5. The SMILES string of the molecule is CC1CC(C(F)(F)F)n2nc(-c3ccc(C(=O)N4CCNCC4)cc3)cc2N1. The highest BCUT2D eigenvalue weighted by molar-refractivity contribution is 5.94. The summed E-state index contributed by atoms with van der Waals surface area (Å²) in [4.78, 5) is 14.3. The van der Waals surface area contributed by atoms with E-state index >= 15 is 0 Å². The lowest BCUT2D eigenvalue weighted by molar-refractivity contribution is -0.173. The lowest BCUT2D eigenvalue weighted by Gasteiger charge is -2.31. The van der Waals surface area contributed by atoms with Gasteiger partial charge in [0.1, 0.15) is 5.82 Å². The number of halogens is 3. The number of nitrogens with one attached hydrogen (secondary N) is 2. The molecule has 28 heavy (non-hydrogen) atoms. The summed E-state index contributed by atoms with van der Waals surface area (Å²) in [5.41, 5.74) is 1.69. The Morgan fingerprint density at radius 1 is 1.18 bits per heavy atom. The minimum atomic E-state index is -4.35. The maximum atomic E-state index is 13.4. The van der Waals surface area contributed by atoms with E-state index in [1.54, 1.807) is 42.2 Å². The highest BCUT2D eigenvalue weighted by Crippen LogP contribution is 2.40. The Morgan fingerprint density at radius 2 is 1.86 bits per heavy atom. The molecule has 2 aromatic rings. The monoisotopic (exact) mass is 393 g/mol. The quantitative estimate of drug-likeness (QED) is 0.824. The van der Waals surface area contributed by atoms with Crippen molar-refractivity contribution in [1.29, 1.82) is 0 Å². The maximum absolute atomic E-state index is 13.4. The molecule has 2 atom stereocenters. The van der Waals surface area contributed by atoms with Gasteiger partial charge in [-0.3, -0.25) is 4.79 Å². The zero-order chi connectivity index (χ0) is 19.9. The van der Waals surface area contributed by atoms with Crippen LogP contribution in [-0.2, 0) is 0 Å². The lowest BCUT2D eigenvalue weighted by atomic mass is 10.1. The number of carbonyl (C=O) groups excluding carboxylic acids is 1. The standard InChI is InChI=1S/C19H22F3N5O/c1-12-10-16(19(20,21)22)27-17(24-12)11-15(25-27)13-2-4-14(5-3-13)18(28)26-8-6-23-7-9-26/h2-5,11-12,16,23-24H,6-10H2,1H3. The molecule has 0 spiro atoms. The Morgan fingerprint density at radius 3 is 2.50 bits per heavy atom. The number of benzene rings is 1. The minimum absolute atomic E-state index is 0.0372. The Labute approximate surface area is 160 Å². The van der Waals surface area contributed by atoms with E-state index in [-0.39, 0.29) is 18.4 Å². The molecule has 2 N–H and O–H groups in total. The van der Waals surface area contributed by atoms with Gasteiger partial charge in [-0.2, -0.15) is 18.3 Å². The first-order valence-corrected chi connectivity index (χ1v) is 9.36. The molecular formula is C19H22F3N5O. The average molecular weight is 393 g/mol. The van der Waals surface area contributed by atoms with Crippen molar-refractivity contribution in [2.24, 2.45) is 0 Å². The number of fused-ring (bicyclic) bond motifs is 1. The number of rotatable bonds is 2. The van der Waals surface area contributed by atoms with Crippen molar-refractivity contribution in [2.75, 3.05) is 31.5 Å². The Hall–Kier alpha value is -2.55. The van der Waals surface area contributed by atoms with E-state index in [0.717, 1.165) is 17.8 Å². The number of nitrogens with zero attached hydrogens (tertiary/aromatic N) is 3. The van der Waals surface area contributed by atoms with Crippen LogP contribution < -0.4 is 10.6 Å². The van der Waals surface area contributed by atoms with Gasteiger partial charge in [-0.1, -0.05) is 12.1 Å². The molecular weight excluding hydrogens is 371 g/mol. The van der Waals surface area contributed by atoms with Crippen molar-refractivity contribution < 1.29 is 18.0 Å². The van der Waals surface area contributed by atoms with Crippen molar-refractivity contribution >= 4 is 11.7 Å².